The average Bonchev–Trinajstić information content (AvgIpc) is 3.32. The number of aromatic nitrogens is 4. The Morgan fingerprint density at radius 2 is 1.79 bits per heavy atom. The second-order valence-electron chi connectivity index (χ2n) is 7.03. The Morgan fingerprint density at radius 1 is 1.00 bits per heavy atom. The topological polar surface area (TPSA) is 130 Å². The summed E-state index contributed by atoms with van der Waals surface area (Å²) < 4.78 is 44.4. The molecule has 0 aliphatic rings. The summed E-state index contributed by atoms with van der Waals surface area (Å²) in [5.41, 5.74) is 1.74. The van der Waals surface area contributed by atoms with Crippen LogP contribution < -0.4 is 4.72 Å². The Kier molecular flexibility index (Phi) is 6.56. The molecule has 3 N–H and O–H groups in total. The first-order valence-electron chi connectivity index (χ1n) is 9.86. The molecule has 11 heteroatoms. The highest BCUT2D eigenvalue weighted by Gasteiger charge is 2.23. The minimum Gasteiger partial charge on any atom is -0.392 e. The lowest BCUT2D eigenvalue weighted by Crippen LogP contribution is -2.25. The van der Waals surface area contributed by atoms with E-state index in [1.54, 1.807) is 18.2 Å². The predicted octanol–water partition coefficient (Wildman–Crippen LogP) is 1.93. The lowest BCUT2D eigenvalue weighted by atomic mass is 10.0. The standard InChI is InChI=1S/C22H20FN5O4S/c23-19-3-1-2-4-21(19)28-20(5-6-26-28)18-10-22(16(14-30)9-15(18)13-29)33(31,32)27-12-17-11-24-7-8-25-17/h1-11,27,29-30H,12-14H2. The number of hydrogen-bond acceptors (Lipinski definition) is 7. The van der Waals surface area contributed by atoms with Gasteiger partial charge in [-0.2, -0.15) is 5.10 Å². The molecule has 0 radical (unpaired) electrons. The maximum Gasteiger partial charge on any atom is 0.241 e. The summed E-state index contributed by atoms with van der Waals surface area (Å²) in [5, 5.41) is 23.9. The number of hydrogen-bond donors (Lipinski definition) is 3. The molecular formula is C22H20FN5O4S. The van der Waals surface area contributed by atoms with Gasteiger partial charge in [0, 0.05) is 24.2 Å². The first-order chi connectivity index (χ1) is 15.9. The monoisotopic (exact) mass is 469 g/mol. The second-order valence-corrected chi connectivity index (χ2v) is 8.77. The summed E-state index contributed by atoms with van der Waals surface area (Å²) in [6, 6.07) is 10.3. The zero-order valence-electron chi connectivity index (χ0n) is 17.3. The highest BCUT2D eigenvalue weighted by atomic mass is 32.2. The van der Waals surface area contributed by atoms with Crippen LogP contribution in [0.3, 0.4) is 0 Å². The van der Waals surface area contributed by atoms with E-state index < -0.39 is 29.1 Å². The van der Waals surface area contributed by atoms with Crippen molar-refractivity contribution in [2.45, 2.75) is 24.7 Å². The third kappa shape index (κ3) is 4.66. The number of nitrogens with one attached hydrogen (secondary N) is 1. The van der Waals surface area contributed by atoms with E-state index in [0.29, 0.717) is 22.5 Å². The minimum atomic E-state index is -4.09. The molecule has 0 amide bonds. The first kappa shape index (κ1) is 22.7. The van der Waals surface area contributed by atoms with Crippen LogP contribution in [0.25, 0.3) is 16.9 Å². The number of para-hydroxylation sites is 1. The van der Waals surface area contributed by atoms with Crippen LogP contribution in [-0.4, -0.2) is 38.4 Å². The summed E-state index contributed by atoms with van der Waals surface area (Å²) >= 11 is 0. The number of aliphatic hydroxyl groups excluding tert-OH is 2. The normalized spacial score (nSPS) is 11.6. The molecule has 170 valence electrons. The highest BCUT2D eigenvalue weighted by Crippen LogP contribution is 2.31. The lowest BCUT2D eigenvalue weighted by Gasteiger charge is -2.16. The van der Waals surface area contributed by atoms with E-state index >= 15 is 0 Å². The van der Waals surface area contributed by atoms with Gasteiger partial charge in [0.25, 0.3) is 0 Å². The average molecular weight is 469 g/mol. The second kappa shape index (κ2) is 9.55. The molecule has 0 bridgehead atoms. The maximum atomic E-state index is 14.4. The molecule has 33 heavy (non-hydrogen) atoms. The fourth-order valence-corrected chi connectivity index (χ4v) is 4.64. The van der Waals surface area contributed by atoms with Crippen LogP contribution in [-0.2, 0) is 29.8 Å². The molecule has 0 spiro atoms. The summed E-state index contributed by atoms with van der Waals surface area (Å²) in [6.07, 6.45) is 5.80. The number of nitrogens with zero attached hydrogens (tertiary/aromatic N) is 4. The van der Waals surface area contributed by atoms with Crippen molar-refractivity contribution < 1.29 is 23.0 Å². The smallest absolute Gasteiger partial charge is 0.241 e. The predicted molar refractivity (Wildman–Crippen MR) is 117 cm³/mol. The van der Waals surface area contributed by atoms with Crippen molar-refractivity contribution in [3.05, 3.63) is 89.9 Å². The molecule has 2 heterocycles. The van der Waals surface area contributed by atoms with Crippen LogP contribution in [0.15, 0.2) is 72.1 Å². The van der Waals surface area contributed by atoms with Gasteiger partial charge >= 0.3 is 0 Å². The SMILES string of the molecule is O=S(=O)(NCc1cnccn1)c1cc(-c2ccnn2-c2ccccc2F)c(CO)cc1CO. The molecule has 0 fully saturated rings. The third-order valence-electron chi connectivity index (χ3n) is 4.98. The Balaban J connectivity index is 1.81. The molecule has 0 saturated carbocycles. The van der Waals surface area contributed by atoms with Gasteiger partial charge in [-0.05, 0) is 41.5 Å². The van der Waals surface area contributed by atoms with Crippen molar-refractivity contribution in [1.82, 2.24) is 24.5 Å². The van der Waals surface area contributed by atoms with Crippen LogP contribution in [0, 0.1) is 5.82 Å². The van der Waals surface area contributed by atoms with Gasteiger partial charge in [-0.25, -0.2) is 22.2 Å². The number of rotatable bonds is 8. The molecule has 2 aromatic carbocycles. The van der Waals surface area contributed by atoms with Gasteiger partial charge in [0.2, 0.25) is 10.0 Å². The van der Waals surface area contributed by atoms with E-state index in [1.807, 2.05) is 0 Å². The van der Waals surface area contributed by atoms with Crippen LogP contribution in [0.4, 0.5) is 4.39 Å². The molecule has 0 unspecified atom stereocenters. The van der Waals surface area contributed by atoms with Gasteiger partial charge in [-0.15, -0.1) is 0 Å². The van der Waals surface area contributed by atoms with Crippen molar-refractivity contribution >= 4 is 10.0 Å². The molecule has 0 aliphatic carbocycles. The van der Waals surface area contributed by atoms with Crippen LogP contribution in [0.5, 0.6) is 0 Å². The number of aliphatic hydroxyl groups is 2. The molecule has 0 atom stereocenters. The fraction of sp³-hybridized carbons (Fsp3) is 0.136. The fourth-order valence-electron chi connectivity index (χ4n) is 3.41. The molecule has 0 saturated heterocycles. The van der Waals surface area contributed by atoms with E-state index in [2.05, 4.69) is 19.8 Å². The molecule has 0 aliphatic heterocycles. The Bertz CT molecular complexity index is 1380. The van der Waals surface area contributed by atoms with Crippen molar-refractivity contribution in [3.63, 3.8) is 0 Å². The maximum absolute atomic E-state index is 14.4. The van der Waals surface area contributed by atoms with Gasteiger partial charge in [-0.1, -0.05) is 12.1 Å². The quantitative estimate of drug-likeness (QED) is 0.359. The van der Waals surface area contributed by atoms with Crippen molar-refractivity contribution in [1.29, 1.82) is 0 Å². The van der Waals surface area contributed by atoms with Crippen molar-refractivity contribution in [2.75, 3.05) is 0 Å². The Morgan fingerprint density at radius 3 is 2.48 bits per heavy atom. The summed E-state index contributed by atoms with van der Waals surface area (Å²) in [6.45, 7) is -1.11. The largest absolute Gasteiger partial charge is 0.392 e. The Labute approximate surface area is 189 Å². The number of halogens is 1. The summed E-state index contributed by atoms with van der Waals surface area (Å²) in [7, 11) is -4.09. The van der Waals surface area contributed by atoms with Gasteiger partial charge < -0.3 is 10.2 Å². The first-order valence-corrected chi connectivity index (χ1v) is 11.3. The highest BCUT2D eigenvalue weighted by molar-refractivity contribution is 7.89. The lowest BCUT2D eigenvalue weighted by molar-refractivity contribution is 0.273. The minimum absolute atomic E-state index is 0.103. The van der Waals surface area contributed by atoms with Gasteiger partial charge in [0.05, 0.1) is 42.2 Å². The van der Waals surface area contributed by atoms with Gasteiger partial charge in [0.1, 0.15) is 11.5 Å². The Hall–Kier alpha value is -3.51. The molecule has 9 nitrogen and oxygen atoms in total. The van der Waals surface area contributed by atoms with Crippen LogP contribution in [0.2, 0.25) is 0 Å². The van der Waals surface area contributed by atoms with Crippen molar-refractivity contribution in [2.24, 2.45) is 0 Å². The van der Waals surface area contributed by atoms with Gasteiger partial charge in [0.15, 0.2) is 0 Å². The van der Waals surface area contributed by atoms with E-state index in [4.69, 9.17) is 0 Å². The third-order valence-corrected chi connectivity index (χ3v) is 6.46. The van der Waals surface area contributed by atoms with E-state index in [9.17, 15) is 23.0 Å². The molecule has 4 rings (SSSR count). The molecule has 2 aromatic heterocycles. The molecule has 4 aromatic rings. The van der Waals surface area contributed by atoms with E-state index in [0.717, 1.165) is 0 Å². The van der Waals surface area contributed by atoms with Crippen LogP contribution >= 0.6 is 0 Å². The zero-order chi connectivity index (χ0) is 23.4. The number of benzene rings is 2. The summed E-state index contributed by atoms with van der Waals surface area (Å²) in [4.78, 5) is 7.76. The van der Waals surface area contributed by atoms with Crippen molar-refractivity contribution in [3.8, 4) is 16.9 Å². The summed E-state index contributed by atoms with van der Waals surface area (Å²) in [5.74, 6) is -0.515. The molecular weight excluding hydrogens is 449 g/mol. The van der Waals surface area contributed by atoms with E-state index in [1.165, 1.54) is 53.7 Å². The number of sulfonamides is 1. The van der Waals surface area contributed by atoms with E-state index in [-0.39, 0.29) is 22.7 Å². The van der Waals surface area contributed by atoms with Gasteiger partial charge in [-0.3, -0.25) is 9.97 Å². The van der Waals surface area contributed by atoms with Crippen LogP contribution in [0.1, 0.15) is 16.8 Å². The zero-order valence-corrected chi connectivity index (χ0v) is 18.1.